The molecule has 1 heterocycles. The Bertz CT molecular complexity index is 525. The lowest BCUT2D eigenvalue weighted by Crippen LogP contribution is -2.31. The Hall–Kier alpha value is -1.95. The largest absolute Gasteiger partial charge is 0.491 e. The number of aliphatic hydroxyl groups excluding tert-OH is 1. The second-order valence-electron chi connectivity index (χ2n) is 5.82. The number of fused-ring (bicyclic) bond motifs is 1. The Balaban J connectivity index is 1.76. The van der Waals surface area contributed by atoms with Crippen molar-refractivity contribution in [1.29, 1.82) is 0 Å². The van der Waals surface area contributed by atoms with Crippen LogP contribution in [0.5, 0.6) is 17.2 Å². The molecule has 0 fully saturated rings. The molecule has 1 N–H and O–H groups in total. The van der Waals surface area contributed by atoms with E-state index in [1.165, 1.54) is 0 Å². The molecule has 22 heavy (non-hydrogen) atoms. The maximum Gasteiger partial charge on any atom is 0.311 e. The highest BCUT2D eigenvalue weighted by molar-refractivity contribution is 5.75. The zero-order valence-corrected chi connectivity index (χ0v) is 13.1. The van der Waals surface area contributed by atoms with Gasteiger partial charge in [0.15, 0.2) is 11.5 Å². The monoisotopic (exact) mass is 310 g/mol. The minimum atomic E-state index is -0.887. The second kappa shape index (κ2) is 6.87. The van der Waals surface area contributed by atoms with E-state index in [1.807, 2.05) is 20.8 Å². The van der Waals surface area contributed by atoms with Crippen LogP contribution in [0.15, 0.2) is 18.2 Å². The van der Waals surface area contributed by atoms with Crippen LogP contribution in [0.25, 0.3) is 0 Å². The highest BCUT2D eigenvalue weighted by Gasteiger charge is 2.27. The standard InChI is InChI=1S/C16H22O6/c1-4-16(2,3)15(18)20-9-11(17)8-19-12-5-6-13-14(7-12)22-10-21-13/h5-7,11,17H,4,8-10H2,1-3H3. The minimum absolute atomic E-state index is 0.0273. The van der Waals surface area contributed by atoms with Crippen LogP contribution >= 0.6 is 0 Å². The SMILES string of the molecule is CCC(C)(C)C(=O)OCC(O)COc1ccc2c(c1)OCO2. The van der Waals surface area contributed by atoms with Crippen molar-refractivity contribution in [3.8, 4) is 17.2 Å². The first-order valence-electron chi connectivity index (χ1n) is 7.30. The van der Waals surface area contributed by atoms with Gasteiger partial charge in [-0.2, -0.15) is 0 Å². The predicted octanol–water partition coefficient (Wildman–Crippen LogP) is 2.13. The summed E-state index contributed by atoms with van der Waals surface area (Å²) in [5.74, 6) is 1.52. The molecule has 1 aliphatic rings. The minimum Gasteiger partial charge on any atom is -0.491 e. The van der Waals surface area contributed by atoms with E-state index in [-0.39, 0.29) is 26.0 Å². The van der Waals surface area contributed by atoms with Crippen LogP contribution in [-0.4, -0.2) is 37.2 Å². The first-order chi connectivity index (χ1) is 10.4. The molecule has 0 radical (unpaired) electrons. The van der Waals surface area contributed by atoms with E-state index in [0.29, 0.717) is 23.7 Å². The number of hydrogen-bond acceptors (Lipinski definition) is 6. The Morgan fingerprint density at radius 3 is 2.77 bits per heavy atom. The van der Waals surface area contributed by atoms with E-state index >= 15 is 0 Å². The highest BCUT2D eigenvalue weighted by atomic mass is 16.7. The third-order valence-corrected chi connectivity index (χ3v) is 3.63. The topological polar surface area (TPSA) is 74.2 Å². The van der Waals surface area contributed by atoms with Gasteiger partial charge in [-0.1, -0.05) is 6.92 Å². The van der Waals surface area contributed by atoms with Crippen molar-refractivity contribution in [1.82, 2.24) is 0 Å². The Morgan fingerprint density at radius 2 is 2.05 bits per heavy atom. The zero-order chi connectivity index (χ0) is 16.2. The lowest BCUT2D eigenvalue weighted by Gasteiger charge is -2.21. The smallest absolute Gasteiger partial charge is 0.311 e. The van der Waals surface area contributed by atoms with Gasteiger partial charge in [0.05, 0.1) is 5.41 Å². The van der Waals surface area contributed by atoms with Crippen LogP contribution in [-0.2, 0) is 9.53 Å². The van der Waals surface area contributed by atoms with Crippen LogP contribution in [0.4, 0.5) is 0 Å². The Kier molecular flexibility index (Phi) is 5.13. The molecule has 0 aliphatic carbocycles. The van der Waals surface area contributed by atoms with Crippen molar-refractivity contribution >= 4 is 5.97 Å². The Labute approximate surface area is 129 Å². The first kappa shape index (κ1) is 16.4. The summed E-state index contributed by atoms with van der Waals surface area (Å²) in [7, 11) is 0. The molecular weight excluding hydrogens is 288 g/mol. The molecule has 0 saturated heterocycles. The molecule has 6 nitrogen and oxygen atoms in total. The molecule has 0 spiro atoms. The van der Waals surface area contributed by atoms with E-state index < -0.39 is 11.5 Å². The van der Waals surface area contributed by atoms with Crippen molar-refractivity contribution in [3.63, 3.8) is 0 Å². The van der Waals surface area contributed by atoms with Gasteiger partial charge in [0.25, 0.3) is 0 Å². The van der Waals surface area contributed by atoms with Crippen LogP contribution in [0.2, 0.25) is 0 Å². The number of benzene rings is 1. The maximum absolute atomic E-state index is 11.8. The summed E-state index contributed by atoms with van der Waals surface area (Å²) >= 11 is 0. The summed E-state index contributed by atoms with van der Waals surface area (Å²) in [4.78, 5) is 11.8. The van der Waals surface area contributed by atoms with E-state index in [9.17, 15) is 9.90 Å². The van der Waals surface area contributed by atoms with Gasteiger partial charge in [-0.3, -0.25) is 4.79 Å². The fourth-order valence-electron chi connectivity index (χ4n) is 1.72. The van der Waals surface area contributed by atoms with Crippen LogP contribution in [0, 0.1) is 5.41 Å². The van der Waals surface area contributed by atoms with Crippen molar-refractivity contribution in [2.75, 3.05) is 20.0 Å². The average Bonchev–Trinajstić information content (AvgIpc) is 2.97. The molecule has 6 heteroatoms. The third kappa shape index (κ3) is 4.04. The van der Waals surface area contributed by atoms with Gasteiger partial charge >= 0.3 is 5.97 Å². The summed E-state index contributed by atoms with van der Waals surface area (Å²) in [6, 6.07) is 5.17. The maximum atomic E-state index is 11.8. The molecular formula is C16H22O6. The summed E-state index contributed by atoms with van der Waals surface area (Å²) in [6.07, 6.45) is -0.211. The Morgan fingerprint density at radius 1 is 1.32 bits per heavy atom. The molecule has 2 rings (SSSR count). The summed E-state index contributed by atoms with van der Waals surface area (Å²) in [5, 5.41) is 9.83. The van der Waals surface area contributed by atoms with Crippen LogP contribution in [0.1, 0.15) is 27.2 Å². The molecule has 1 aromatic carbocycles. The average molecular weight is 310 g/mol. The third-order valence-electron chi connectivity index (χ3n) is 3.63. The zero-order valence-electron chi connectivity index (χ0n) is 13.1. The van der Waals surface area contributed by atoms with Gasteiger partial charge in [-0.05, 0) is 32.4 Å². The molecule has 1 aromatic rings. The van der Waals surface area contributed by atoms with E-state index in [2.05, 4.69) is 0 Å². The second-order valence-corrected chi connectivity index (χ2v) is 5.82. The number of hydrogen-bond donors (Lipinski definition) is 1. The van der Waals surface area contributed by atoms with Gasteiger partial charge in [0.1, 0.15) is 25.1 Å². The summed E-state index contributed by atoms with van der Waals surface area (Å²) in [5.41, 5.74) is -0.544. The molecule has 0 aromatic heterocycles. The van der Waals surface area contributed by atoms with E-state index in [4.69, 9.17) is 18.9 Å². The summed E-state index contributed by atoms with van der Waals surface area (Å²) in [6.45, 7) is 5.67. The molecule has 0 bridgehead atoms. The number of ether oxygens (including phenoxy) is 4. The van der Waals surface area contributed by atoms with Crippen molar-refractivity contribution in [3.05, 3.63) is 18.2 Å². The first-order valence-corrected chi connectivity index (χ1v) is 7.30. The molecule has 0 amide bonds. The van der Waals surface area contributed by atoms with Crippen molar-refractivity contribution in [2.24, 2.45) is 5.41 Å². The fraction of sp³-hybridized carbons (Fsp3) is 0.562. The van der Waals surface area contributed by atoms with Crippen LogP contribution in [0.3, 0.4) is 0 Å². The number of esters is 1. The van der Waals surface area contributed by atoms with Gasteiger partial charge < -0.3 is 24.1 Å². The summed E-state index contributed by atoms with van der Waals surface area (Å²) < 4.78 is 21.0. The fourth-order valence-corrected chi connectivity index (χ4v) is 1.72. The molecule has 0 saturated carbocycles. The molecule has 1 atom stereocenters. The van der Waals surface area contributed by atoms with Crippen molar-refractivity contribution in [2.45, 2.75) is 33.3 Å². The number of rotatable bonds is 7. The van der Waals surface area contributed by atoms with Gasteiger partial charge in [-0.25, -0.2) is 0 Å². The number of aliphatic hydroxyl groups is 1. The van der Waals surface area contributed by atoms with Gasteiger partial charge in [-0.15, -0.1) is 0 Å². The number of carbonyl (C=O) groups excluding carboxylic acids is 1. The van der Waals surface area contributed by atoms with Crippen molar-refractivity contribution < 1.29 is 28.8 Å². The molecule has 1 aliphatic heterocycles. The number of carbonyl (C=O) groups is 1. The van der Waals surface area contributed by atoms with Gasteiger partial charge in [0, 0.05) is 6.07 Å². The molecule has 122 valence electrons. The van der Waals surface area contributed by atoms with E-state index in [1.54, 1.807) is 18.2 Å². The quantitative estimate of drug-likeness (QED) is 0.778. The predicted molar refractivity (Wildman–Crippen MR) is 79.1 cm³/mol. The van der Waals surface area contributed by atoms with E-state index in [0.717, 1.165) is 0 Å². The normalized spacial score (nSPS) is 14.5. The lowest BCUT2D eigenvalue weighted by molar-refractivity contribution is -0.157. The highest BCUT2D eigenvalue weighted by Crippen LogP contribution is 2.35. The lowest BCUT2D eigenvalue weighted by atomic mass is 9.91. The molecule has 1 unspecified atom stereocenters. The van der Waals surface area contributed by atoms with Crippen LogP contribution < -0.4 is 14.2 Å². The van der Waals surface area contributed by atoms with Gasteiger partial charge in [0.2, 0.25) is 6.79 Å².